The first kappa shape index (κ1) is 24.1. The van der Waals surface area contributed by atoms with E-state index in [0.717, 1.165) is 11.1 Å². The van der Waals surface area contributed by atoms with E-state index in [0.29, 0.717) is 34.8 Å². The smallest absolute Gasteiger partial charge is 0.193 e. The van der Waals surface area contributed by atoms with Crippen LogP contribution in [0.4, 0.5) is 0 Å². The number of methoxy groups -OCH3 is 3. The number of ketones is 1. The molecule has 1 aromatic heterocycles. The molecule has 7 heteroatoms. The Morgan fingerprint density at radius 1 is 1.00 bits per heavy atom. The molecular formula is C24H29NO6. The van der Waals surface area contributed by atoms with E-state index < -0.39 is 0 Å². The minimum absolute atomic E-state index is 0.0347. The van der Waals surface area contributed by atoms with E-state index >= 15 is 0 Å². The number of carbonyl (C=O) groups excluding carboxylic acids is 1. The fourth-order valence-electron chi connectivity index (χ4n) is 2.80. The summed E-state index contributed by atoms with van der Waals surface area (Å²) in [5, 5.41) is 0. The van der Waals surface area contributed by atoms with Crippen molar-refractivity contribution >= 4 is 11.9 Å². The van der Waals surface area contributed by atoms with Gasteiger partial charge in [0.25, 0.3) is 0 Å². The molecule has 0 radical (unpaired) electrons. The molecule has 1 heterocycles. The lowest BCUT2D eigenvalue weighted by Crippen LogP contribution is -2.12. The molecule has 0 N–H and O–H groups in total. The molecule has 1 aromatic carbocycles. The Hall–Kier alpha value is -3.16. The molecule has 0 saturated heterocycles. The number of aromatic nitrogens is 1. The van der Waals surface area contributed by atoms with E-state index in [2.05, 4.69) is 4.98 Å². The lowest BCUT2D eigenvalue weighted by atomic mass is 9.99. The Bertz CT molecular complexity index is 917. The van der Waals surface area contributed by atoms with Gasteiger partial charge in [-0.1, -0.05) is 17.7 Å². The van der Waals surface area contributed by atoms with Crippen LogP contribution in [0.15, 0.2) is 48.3 Å². The zero-order chi connectivity index (χ0) is 22.6. The third-order valence-electron chi connectivity index (χ3n) is 4.27. The van der Waals surface area contributed by atoms with Crippen molar-refractivity contribution in [2.24, 2.45) is 0 Å². The summed E-state index contributed by atoms with van der Waals surface area (Å²) in [6, 6.07) is 5.30. The summed E-state index contributed by atoms with van der Waals surface area (Å²) in [5.74, 6) is 0.935. The maximum absolute atomic E-state index is 13.2. The van der Waals surface area contributed by atoms with Gasteiger partial charge in [-0.05, 0) is 44.0 Å². The van der Waals surface area contributed by atoms with E-state index in [1.165, 1.54) is 27.4 Å². The van der Waals surface area contributed by atoms with E-state index in [-0.39, 0.29) is 19.4 Å². The van der Waals surface area contributed by atoms with Crippen LogP contribution in [0.5, 0.6) is 17.2 Å². The highest BCUT2D eigenvalue weighted by Gasteiger charge is 2.25. The van der Waals surface area contributed by atoms with Crippen molar-refractivity contribution in [1.29, 1.82) is 0 Å². The van der Waals surface area contributed by atoms with Gasteiger partial charge in [-0.2, -0.15) is 0 Å². The Morgan fingerprint density at radius 2 is 1.68 bits per heavy atom. The molecule has 0 aliphatic carbocycles. The van der Waals surface area contributed by atoms with Crippen molar-refractivity contribution in [3.8, 4) is 17.2 Å². The summed E-state index contributed by atoms with van der Waals surface area (Å²) in [7, 11) is 4.55. The van der Waals surface area contributed by atoms with Crippen LogP contribution in [0.25, 0.3) is 6.08 Å². The van der Waals surface area contributed by atoms with E-state index in [1.807, 2.05) is 32.1 Å². The molecule has 0 bridgehead atoms. The number of hydrogen-bond acceptors (Lipinski definition) is 7. The summed E-state index contributed by atoms with van der Waals surface area (Å²) in [6.07, 6.45) is 9.05. The third kappa shape index (κ3) is 6.94. The van der Waals surface area contributed by atoms with Crippen LogP contribution in [0.2, 0.25) is 0 Å². The summed E-state index contributed by atoms with van der Waals surface area (Å²) < 4.78 is 27.3. The van der Waals surface area contributed by atoms with Crippen molar-refractivity contribution < 1.29 is 28.5 Å². The highest BCUT2D eigenvalue weighted by Crippen LogP contribution is 2.41. The molecule has 2 aromatic rings. The molecule has 31 heavy (non-hydrogen) atoms. The first-order chi connectivity index (χ1) is 15.0. The first-order valence-electron chi connectivity index (χ1n) is 9.74. The second-order valence-electron chi connectivity index (χ2n) is 6.83. The van der Waals surface area contributed by atoms with Gasteiger partial charge in [0.1, 0.15) is 22.8 Å². The minimum atomic E-state index is -0.267. The van der Waals surface area contributed by atoms with E-state index in [4.69, 9.17) is 23.7 Å². The SMILES string of the molecule is COCOc1cc(OC)c(C(=O)/C=C/c2ccncc2)c(OCOC)c1CC=C(C)C. The third-order valence-corrected chi connectivity index (χ3v) is 4.27. The van der Waals surface area contributed by atoms with Crippen LogP contribution < -0.4 is 14.2 Å². The number of benzene rings is 1. The highest BCUT2D eigenvalue weighted by molar-refractivity contribution is 6.11. The molecule has 0 fully saturated rings. The quantitative estimate of drug-likeness (QED) is 0.214. The number of nitrogens with zero attached hydrogens (tertiary/aromatic N) is 1. The van der Waals surface area contributed by atoms with Gasteiger partial charge in [-0.3, -0.25) is 9.78 Å². The number of carbonyl (C=O) groups is 1. The van der Waals surface area contributed by atoms with Crippen molar-refractivity contribution in [2.75, 3.05) is 34.9 Å². The van der Waals surface area contributed by atoms with Crippen LogP contribution in [0.1, 0.15) is 35.3 Å². The maximum atomic E-state index is 13.2. The van der Waals surface area contributed by atoms with Gasteiger partial charge in [0.05, 0.1) is 7.11 Å². The van der Waals surface area contributed by atoms with Gasteiger partial charge in [0.15, 0.2) is 19.4 Å². The van der Waals surface area contributed by atoms with Crippen LogP contribution in [0, 0.1) is 0 Å². The summed E-state index contributed by atoms with van der Waals surface area (Å²) in [6.45, 7) is 4.01. The fourth-order valence-corrected chi connectivity index (χ4v) is 2.80. The van der Waals surface area contributed by atoms with Crippen molar-refractivity contribution in [2.45, 2.75) is 20.3 Å². The predicted octanol–water partition coefficient (Wildman–Crippen LogP) is 4.46. The van der Waals surface area contributed by atoms with Crippen LogP contribution in [-0.4, -0.2) is 45.7 Å². The average molecular weight is 427 g/mol. The molecule has 0 unspecified atom stereocenters. The van der Waals surface area contributed by atoms with Gasteiger partial charge in [-0.25, -0.2) is 0 Å². The van der Waals surface area contributed by atoms with Crippen LogP contribution in [0.3, 0.4) is 0 Å². The molecule has 166 valence electrons. The van der Waals surface area contributed by atoms with Crippen molar-refractivity contribution in [3.05, 3.63) is 65.0 Å². The fraction of sp³-hybridized carbons (Fsp3) is 0.333. The Balaban J connectivity index is 2.61. The number of rotatable bonds is 12. The average Bonchev–Trinajstić information content (AvgIpc) is 2.78. The van der Waals surface area contributed by atoms with Gasteiger partial charge < -0.3 is 23.7 Å². The molecule has 2 rings (SSSR count). The lowest BCUT2D eigenvalue weighted by molar-refractivity contribution is 0.0441. The van der Waals surface area contributed by atoms with Gasteiger partial charge >= 0.3 is 0 Å². The van der Waals surface area contributed by atoms with Gasteiger partial charge in [0.2, 0.25) is 0 Å². The predicted molar refractivity (Wildman–Crippen MR) is 119 cm³/mol. The Labute approximate surface area is 183 Å². The van der Waals surface area contributed by atoms with Gasteiger partial charge in [-0.15, -0.1) is 0 Å². The number of hydrogen-bond donors (Lipinski definition) is 0. The Kier molecular flexibility index (Phi) is 9.74. The Morgan fingerprint density at radius 3 is 2.29 bits per heavy atom. The van der Waals surface area contributed by atoms with E-state index in [1.54, 1.807) is 24.5 Å². The molecule has 0 amide bonds. The molecule has 0 aliphatic heterocycles. The second-order valence-corrected chi connectivity index (χ2v) is 6.83. The first-order valence-corrected chi connectivity index (χ1v) is 9.74. The van der Waals surface area contributed by atoms with Crippen molar-refractivity contribution in [3.63, 3.8) is 0 Å². The standard InChI is InChI=1S/C24H29NO6/c1-17(2)6-8-19-21(30-15-27-3)14-22(29-5)23(24(19)31-16-28-4)20(26)9-7-18-10-12-25-13-11-18/h6-7,9-14H,8,15-16H2,1-5H3/b9-7+. The number of pyridine rings is 1. The summed E-state index contributed by atoms with van der Waals surface area (Å²) in [4.78, 5) is 17.2. The normalized spacial score (nSPS) is 10.7. The monoisotopic (exact) mass is 427 g/mol. The van der Waals surface area contributed by atoms with Gasteiger partial charge in [0, 0.05) is 38.2 Å². The summed E-state index contributed by atoms with van der Waals surface area (Å²) >= 11 is 0. The zero-order valence-corrected chi connectivity index (χ0v) is 18.6. The molecule has 7 nitrogen and oxygen atoms in total. The minimum Gasteiger partial charge on any atom is -0.496 e. The van der Waals surface area contributed by atoms with Crippen LogP contribution >= 0.6 is 0 Å². The largest absolute Gasteiger partial charge is 0.496 e. The highest BCUT2D eigenvalue weighted by atomic mass is 16.7. The summed E-state index contributed by atoms with van der Waals surface area (Å²) in [5.41, 5.74) is 2.98. The molecule has 0 aliphatic rings. The zero-order valence-electron chi connectivity index (χ0n) is 18.6. The lowest BCUT2D eigenvalue weighted by Gasteiger charge is -2.20. The molecular weight excluding hydrogens is 398 g/mol. The molecule has 0 saturated carbocycles. The number of ether oxygens (including phenoxy) is 5. The topological polar surface area (TPSA) is 76.1 Å². The second kappa shape index (κ2) is 12.5. The molecule has 0 spiro atoms. The molecule has 0 atom stereocenters. The maximum Gasteiger partial charge on any atom is 0.193 e. The van der Waals surface area contributed by atoms with E-state index in [9.17, 15) is 4.79 Å². The number of allylic oxidation sites excluding steroid dienone is 3. The van der Waals surface area contributed by atoms with Crippen molar-refractivity contribution in [1.82, 2.24) is 4.98 Å². The van der Waals surface area contributed by atoms with Crippen LogP contribution in [-0.2, 0) is 15.9 Å².